The number of amides is 1. The number of carbonyl (C=O) groups is 1. The maximum Gasteiger partial charge on any atom is 0.410 e. The van der Waals surface area contributed by atoms with Gasteiger partial charge in [-0.05, 0) is 51.5 Å². The van der Waals surface area contributed by atoms with Crippen LogP contribution in [0, 0.1) is 0 Å². The van der Waals surface area contributed by atoms with Gasteiger partial charge >= 0.3 is 6.09 Å². The van der Waals surface area contributed by atoms with Gasteiger partial charge in [-0.2, -0.15) is 0 Å². The predicted molar refractivity (Wildman–Crippen MR) is 122 cm³/mol. The lowest BCUT2D eigenvalue weighted by atomic mass is 10.1. The van der Waals surface area contributed by atoms with Gasteiger partial charge in [0, 0.05) is 13.1 Å². The standard InChI is InChI=1S/C23H40N2O3Si/c1-22(2,3)27-21(26)25-16-19(24(7)15-18-13-11-10-12-14-18)20(17-25)28-29(8,9)23(4,5)6/h10-14,19-20H,15-17H2,1-9H3. The Balaban J connectivity index is 2.19. The fraction of sp³-hybridized carbons (Fsp3) is 0.696. The van der Waals surface area contributed by atoms with Gasteiger partial charge in [-0.15, -0.1) is 0 Å². The number of likely N-dealkylation sites (N-methyl/N-ethyl adjacent to an activating group) is 1. The molecule has 1 aromatic rings. The Hall–Kier alpha value is -1.37. The van der Waals surface area contributed by atoms with E-state index in [4.69, 9.17) is 9.16 Å². The van der Waals surface area contributed by atoms with Crippen LogP contribution in [-0.2, 0) is 15.7 Å². The van der Waals surface area contributed by atoms with Crippen molar-refractivity contribution in [2.45, 2.75) is 84.0 Å². The van der Waals surface area contributed by atoms with Crippen LogP contribution in [0.15, 0.2) is 30.3 Å². The second-order valence-electron chi connectivity index (χ2n) is 10.8. The van der Waals surface area contributed by atoms with Crippen molar-refractivity contribution in [3.05, 3.63) is 35.9 Å². The normalized spacial score (nSPS) is 21.0. The molecule has 0 bridgehead atoms. The minimum absolute atomic E-state index is 0.0166. The van der Waals surface area contributed by atoms with Crippen molar-refractivity contribution in [3.8, 4) is 0 Å². The summed E-state index contributed by atoms with van der Waals surface area (Å²) in [5, 5.41) is 0.120. The zero-order valence-corrected chi connectivity index (χ0v) is 20.8. The van der Waals surface area contributed by atoms with Crippen LogP contribution in [0.3, 0.4) is 0 Å². The Morgan fingerprint density at radius 2 is 1.69 bits per heavy atom. The van der Waals surface area contributed by atoms with Crippen molar-refractivity contribution >= 4 is 14.4 Å². The van der Waals surface area contributed by atoms with Crippen molar-refractivity contribution in [3.63, 3.8) is 0 Å². The van der Waals surface area contributed by atoms with Crippen LogP contribution in [-0.4, -0.2) is 62.1 Å². The summed E-state index contributed by atoms with van der Waals surface area (Å²) in [6.07, 6.45) is -0.269. The molecule has 0 saturated carbocycles. The fourth-order valence-corrected chi connectivity index (χ4v) is 4.66. The summed E-state index contributed by atoms with van der Waals surface area (Å²) in [6, 6.07) is 10.6. The lowest BCUT2D eigenvalue weighted by Crippen LogP contribution is -2.50. The van der Waals surface area contributed by atoms with Crippen molar-refractivity contribution < 1.29 is 14.0 Å². The van der Waals surface area contributed by atoms with Crippen molar-refractivity contribution in [2.75, 3.05) is 20.1 Å². The Labute approximate surface area is 178 Å². The van der Waals surface area contributed by atoms with E-state index in [0.29, 0.717) is 13.1 Å². The summed E-state index contributed by atoms with van der Waals surface area (Å²) in [5.74, 6) is 0. The van der Waals surface area contributed by atoms with Crippen molar-refractivity contribution in [1.29, 1.82) is 0 Å². The van der Waals surface area contributed by atoms with Gasteiger partial charge in [0.05, 0.1) is 18.7 Å². The number of nitrogens with zero attached hydrogens (tertiary/aromatic N) is 2. The molecule has 2 rings (SSSR count). The summed E-state index contributed by atoms with van der Waals surface area (Å²) in [7, 11) is 0.157. The van der Waals surface area contributed by atoms with E-state index in [-0.39, 0.29) is 23.3 Å². The average Bonchev–Trinajstić information content (AvgIpc) is 2.96. The molecular formula is C23H40N2O3Si. The highest BCUT2D eigenvalue weighted by atomic mass is 28.4. The number of hydrogen-bond acceptors (Lipinski definition) is 4. The van der Waals surface area contributed by atoms with E-state index in [9.17, 15) is 4.79 Å². The molecule has 0 aliphatic carbocycles. The molecule has 1 aromatic carbocycles. The Morgan fingerprint density at radius 1 is 1.10 bits per heavy atom. The molecule has 1 heterocycles. The van der Waals surface area contributed by atoms with Crippen molar-refractivity contribution in [1.82, 2.24) is 9.80 Å². The topological polar surface area (TPSA) is 42.0 Å². The molecule has 5 nitrogen and oxygen atoms in total. The van der Waals surface area contributed by atoms with E-state index in [0.717, 1.165) is 6.54 Å². The van der Waals surface area contributed by atoms with Gasteiger partial charge in [-0.1, -0.05) is 51.1 Å². The largest absolute Gasteiger partial charge is 0.444 e. The van der Waals surface area contributed by atoms with Gasteiger partial charge in [0.25, 0.3) is 0 Å². The molecule has 0 radical (unpaired) electrons. The maximum absolute atomic E-state index is 12.7. The third-order valence-electron chi connectivity index (χ3n) is 5.98. The predicted octanol–water partition coefficient (Wildman–Crippen LogP) is 5.13. The molecule has 0 N–H and O–H groups in total. The monoisotopic (exact) mass is 420 g/mol. The van der Waals surface area contributed by atoms with Crippen LogP contribution in [0.25, 0.3) is 0 Å². The summed E-state index contributed by atoms with van der Waals surface area (Å²) in [4.78, 5) is 16.9. The summed E-state index contributed by atoms with van der Waals surface area (Å²) in [5.41, 5.74) is 0.762. The molecule has 2 unspecified atom stereocenters. The molecule has 1 saturated heterocycles. The molecule has 1 fully saturated rings. The highest BCUT2D eigenvalue weighted by Gasteiger charge is 2.46. The summed E-state index contributed by atoms with van der Waals surface area (Å²) < 4.78 is 12.4. The molecule has 0 aromatic heterocycles. The fourth-order valence-electron chi connectivity index (χ4n) is 3.32. The zero-order valence-electron chi connectivity index (χ0n) is 19.8. The third kappa shape index (κ3) is 6.56. The lowest BCUT2D eigenvalue weighted by Gasteiger charge is -2.40. The maximum atomic E-state index is 12.7. The number of ether oxygens (including phenoxy) is 1. The van der Waals surface area contributed by atoms with E-state index >= 15 is 0 Å². The first-order chi connectivity index (χ1) is 13.2. The Bertz CT molecular complexity index is 680. The lowest BCUT2D eigenvalue weighted by molar-refractivity contribution is 0.0271. The van der Waals surface area contributed by atoms with E-state index in [1.165, 1.54) is 5.56 Å². The summed E-state index contributed by atoms with van der Waals surface area (Å²) in [6.45, 7) is 19.0. The molecule has 1 aliphatic heterocycles. The Kier molecular flexibility index (Phi) is 7.24. The second kappa shape index (κ2) is 8.78. The smallest absolute Gasteiger partial charge is 0.410 e. The van der Waals surface area contributed by atoms with Crippen LogP contribution < -0.4 is 0 Å². The second-order valence-corrected chi connectivity index (χ2v) is 15.5. The van der Waals surface area contributed by atoms with Gasteiger partial charge < -0.3 is 14.1 Å². The summed E-state index contributed by atoms with van der Waals surface area (Å²) >= 11 is 0. The number of hydrogen-bond donors (Lipinski definition) is 0. The van der Waals surface area contributed by atoms with Crippen LogP contribution in [0.2, 0.25) is 18.1 Å². The SMILES string of the molecule is CN(Cc1ccccc1)C1CN(C(=O)OC(C)(C)C)CC1O[Si](C)(C)C(C)(C)C. The number of carbonyl (C=O) groups excluding carboxylic acids is 1. The minimum atomic E-state index is -1.97. The highest BCUT2D eigenvalue weighted by Crippen LogP contribution is 2.39. The van der Waals surface area contributed by atoms with Crippen LogP contribution in [0.5, 0.6) is 0 Å². The molecule has 1 amide bonds. The number of benzene rings is 1. The molecule has 6 heteroatoms. The van der Waals surface area contributed by atoms with Gasteiger partial charge in [0.1, 0.15) is 5.60 Å². The van der Waals surface area contributed by atoms with Crippen LogP contribution in [0.1, 0.15) is 47.1 Å². The third-order valence-corrected chi connectivity index (χ3v) is 10.5. The van der Waals surface area contributed by atoms with Gasteiger partial charge in [0.2, 0.25) is 0 Å². The molecule has 29 heavy (non-hydrogen) atoms. The van der Waals surface area contributed by atoms with E-state index in [2.05, 4.69) is 70.1 Å². The molecule has 2 atom stereocenters. The zero-order chi connectivity index (χ0) is 22.0. The average molecular weight is 421 g/mol. The van der Waals surface area contributed by atoms with Crippen LogP contribution in [0.4, 0.5) is 4.79 Å². The van der Waals surface area contributed by atoms with E-state index < -0.39 is 13.9 Å². The van der Waals surface area contributed by atoms with Gasteiger partial charge in [-0.3, -0.25) is 4.90 Å². The quantitative estimate of drug-likeness (QED) is 0.620. The number of rotatable bonds is 5. The first-order valence-corrected chi connectivity index (χ1v) is 13.5. The van der Waals surface area contributed by atoms with E-state index in [1.807, 2.05) is 31.7 Å². The van der Waals surface area contributed by atoms with Gasteiger partial charge in [0.15, 0.2) is 8.32 Å². The minimum Gasteiger partial charge on any atom is -0.444 e. The molecule has 1 aliphatic rings. The Morgan fingerprint density at radius 3 is 2.21 bits per heavy atom. The van der Waals surface area contributed by atoms with E-state index in [1.54, 1.807) is 0 Å². The molecule has 0 spiro atoms. The number of likely N-dealkylation sites (tertiary alicyclic amines) is 1. The van der Waals surface area contributed by atoms with Crippen molar-refractivity contribution in [2.24, 2.45) is 0 Å². The molecule has 164 valence electrons. The highest BCUT2D eigenvalue weighted by molar-refractivity contribution is 6.74. The molecular weight excluding hydrogens is 380 g/mol. The van der Waals surface area contributed by atoms with Crippen LogP contribution >= 0.6 is 0 Å². The first kappa shape index (κ1) is 23.9. The first-order valence-electron chi connectivity index (χ1n) is 10.6. The van der Waals surface area contributed by atoms with Gasteiger partial charge in [-0.25, -0.2) is 4.79 Å².